The van der Waals surface area contributed by atoms with E-state index in [4.69, 9.17) is 5.73 Å². The summed E-state index contributed by atoms with van der Waals surface area (Å²) in [5.41, 5.74) is 7.79. The number of nitrogens with zero attached hydrogens (tertiary/aromatic N) is 2. The van der Waals surface area contributed by atoms with Crippen molar-refractivity contribution in [2.75, 3.05) is 11.4 Å². The Balaban J connectivity index is 2.35. The number of benzene rings is 1. The molecule has 1 heterocycles. The second-order valence-electron chi connectivity index (χ2n) is 4.50. The molecule has 0 radical (unpaired) electrons. The minimum Gasteiger partial charge on any atom is -0.325 e. The first-order chi connectivity index (χ1) is 9.45. The molecule has 0 bridgehead atoms. The second-order valence-corrected chi connectivity index (χ2v) is 6.47. The quantitative estimate of drug-likeness (QED) is 0.929. The fourth-order valence-electron chi connectivity index (χ4n) is 1.74. The van der Waals surface area contributed by atoms with Crippen molar-refractivity contribution in [1.82, 2.24) is 4.98 Å². The molecule has 2 aromatic rings. The predicted octanol–water partition coefficient (Wildman–Crippen LogP) is 1.67. The average molecular weight is 291 g/mol. The molecule has 0 unspecified atom stereocenters. The number of sulfonamides is 1. The van der Waals surface area contributed by atoms with Crippen LogP contribution in [0.1, 0.15) is 11.3 Å². The highest BCUT2D eigenvalue weighted by Gasteiger charge is 2.21. The molecule has 6 heteroatoms. The molecule has 0 fully saturated rings. The van der Waals surface area contributed by atoms with Crippen molar-refractivity contribution in [1.29, 1.82) is 0 Å². The lowest BCUT2D eigenvalue weighted by molar-refractivity contribution is 0.594. The van der Waals surface area contributed by atoms with E-state index in [0.29, 0.717) is 11.4 Å². The molecule has 0 amide bonds. The Morgan fingerprint density at radius 2 is 1.80 bits per heavy atom. The Bertz CT molecular complexity index is 679. The van der Waals surface area contributed by atoms with E-state index >= 15 is 0 Å². The minimum atomic E-state index is -3.60. The molecule has 1 aromatic heterocycles. The van der Waals surface area contributed by atoms with Gasteiger partial charge in [0.05, 0.1) is 11.4 Å². The van der Waals surface area contributed by atoms with Crippen LogP contribution in [-0.4, -0.2) is 20.4 Å². The van der Waals surface area contributed by atoms with Gasteiger partial charge < -0.3 is 5.73 Å². The van der Waals surface area contributed by atoms with Gasteiger partial charge in [0.1, 0.15) is 4.90 Å². The van der Waals surface area contributed by atoms with E-state index in [9.17, 15) is 8.42 Å². The van der Waals surface area contributed by atoms with Gasteiger partial charge in [-0.3, -0.25) is 9.29 Å². The first kappa shape index (κ1) is 14.5. The number of hydrogen-bond acceptors (Lipinski definition) is 4. The van der Waals surface area contributed by atoms with E-state index in [2.05, 4.69) is 4.98 Å². The summed E-state index contributed by atoms with van der Waals surface area (Å²) >= 11 is 0. The Morgan fingerprint density at radius 1 is 1.15 bits per heavy atom. The van der Waals surface area contributed by atoms with Crippen LogP contribution in [0.15, 0.2) is 47.5 Å². The highest BCUT2D eigenvalue weighted by Crippen LogP contribution is 2.21. The van der Waals surface area contributed by atoms with Crippen molar-refractivity contribution in [2.45, 2.75) is 18.4 Å². The Labute approximate surface area is 119 Å². The summed E-state index contributed by atoms with van der Waals surface area (Å²) in [6.45, 7) is 2.24. The summed E-state index contributed by atoms with van der Waals surface area (Å²) in [5.74, 6) is 0. The van der Waals surface area contributed by atoms with Crippen molar-refractivity contribution < 1.29 is 8.42 Å². The van der Waals surface area contributed by atoms with E-state index in [1.807, 2.05) is 19.1 Å². The predicted molar refractivity (Wildman–Crippen MR) is 78.9 cm³/mol. The van der Waals surface area contributed by atoms with Crippen LogP contribution in [0.25, 0.3) is 0 Å². The highest BCUT2D eigenvalue weighted by molar-refractivity contribution is 7.92. The maximum Gasteiger partial charge on any atom is 0.265 e. The topological polar surface area (TPSA) is 76.3 Å². The zero-order valence-corrected chi connectivity index (χ0v) is 12.3. The SMILES string of the molecule is Cc1ccc(N(C)S(=O)(=O)c2ccc(CN)nc2)cc1. The van der Waals surface area contributed by atoms with Crippen LogP contribution in [0.3, 0.4) is 0 Å². The van der Waals surface area contributed by atoms with Crippen LogP contribution >= 0.6 is 0 Å². The molecule has 5 nitrogen and oxygen atoms in total. The fourth-order valence-corrected chi connectivity index (χ4v) is 2.88. The smallest absolute Gasteiger partial charge is 0.265 e. The Hall–Kier alpha value is -1.92. The third-order valence-corrected chi connectivity index (χ3v) is 4.83. The molecule has 2 rings (SSSR count). The molecule has 2 N–H and O–H groups in total. The van der Waals surface area contributed by atoms with Crippen LogP contribution in [-0.2, 0) is 16.6 Å². The van der Waals surface area contributed by atoms with E-state index in [0.717, 1.165) is 5.56 Å². The van der Waals surface area contributed by atoms with Crippen molar-refractivity contribution in [3.63, 3.8) is 0 Å². The number of aromatic nitrogens is 1. The molecule has 0 aliphatic carbocycles. The van der Waals surface area contributed by atoms with Crippen LogP contribution in [0.4, 0.5) is 5.69 Å². The van der Waals surface area contributed by atoms with Gasteiger partial charge in [0.15, 0.2) is 0 Å². The number of pyridine rings is 1. The highest BCUT2D eigenvalue weighted by atomic mass is 32.2. The third kappa shape index (κ3) is 2.81. The van der Waals surface area contributed by atoms with Crippen LogP contribution in [0.2, 0.25) is 0 Å². The maximum atomic E-state index is 12.5. The molecule has 106 valence electrons. The van der Waals surface area contributed by atoms with Gasteiger partial charge in [0, 0.05) is 19.8 Å². The standard InChI is InChI=1S/C14H17N3O2S/c1-11-3-6-13(7-4-11)17(2)20(18,19)14-8-5-12(9-15)16-10-14/h3-8,10H,9,15H2,1-2H3. The summed E-state index contributed by atoms with van der Waals surface area (Å²) in [7, 11) is -2.08. The number of nitrogens with two attached hydrogens (primary N) is 1. The van der Waals surface area contributed by atoms with Gasteiger partial charge in [0.25, 0.3) is 10.0 Å². The summed E-state index contributed by atoms with van der Waals surface area (Å²) in [4.78, 5) is 4.17. The average Bonchev–Trinajstić information content (AvgIpc) is 2.47. The lowest BCUT2D eigenvalue weighted by Crippen LogP contribution is -2.26. The summed E-state index contributed by atoms with van der Waals surface area (Å²) in [6, 6.07) is 10.4. The Kier molecular flexibility index (Phi) is 4.06. The number of aryl methyl sites for hydroxylation is 1. The molecule has 1 aromatic carbocycles. The lowest BCUT2D eigenvalue weighted by atomic mass is 10.2. The fraction of sp³-hybridized carbons (Fsp3) is 0.214. The van der Waals surface area contributed by atoms with Gasteiger partial charge in [-0.1, -0.05) is 17.7 Å². The van der Waals surface area contributed by atoms with Gasteiger partial charge in [-0.2, -0.15) is 0 Å². The second kappa shape index (κ2) is 5.60. The molecule has 0 spiro atoms. The first-order valence-electron chi connectivity index (χ1n) is 6.16. The van der Waals surface area contributed by atoms with Crippen molar-refractivity contribution in [2.24, 2.45) is 5.73 Å². The largest absolute Gasteiger partial charge is 0.325 e. The van der Waals surface area contributed by atoms with Crippen LogP contribution in [0.5, 0.6) is 0 Å². The molecule has 0 saturated carbocycles. The van der Waals surface area contributed by atoms with Gasteiger partial charge in [-0.15, -0.1) is 0 Å². The molecule has 20 heavy (non-hydrogen) atoms. The Morgan fingerprint density at radius 3 is 2.30 bits per heavy atom. The third-order valence-electron chi connectivity index (χ3n) is 3.06. The van der Waals surface area contributed by atoms with Crippen molar-refractivity contribution >= 4 is 15.7 Å². The van der Waals surface area contributed by atoms with Gasteiger partial charge in [0.2, 0.25) is 0 Å². The summed E-state index contributed by atoms with van der Waals surface area (Å²) in [5, 5.41) is 0. The number of anilines is 1. The van der Waals surface area contributed by atoms with E-state index in [-0.39, 0.29) is 11.4 Å². The molecular formula is C14H17N3O2S. The monoisotopic (exact) mass is 291 g/mol. The number of rotatable bonds is 4. The van der Waals surface area contributed by atoms with Gasteiger partial charge in [-0.25, -0.2) is 8.42 Å². The van der Waals surface area contributed by atoms with Gasteiger partial charge in [-0.05, 0) is 31.2 Å². The summed E-state index contributed by atoms with van der Waals surface area (Å²) in [6.07, 6.45) is 1.34. The lowest BCUT2D eigenvalue weighted by Gasteiger charge is -2.19. The molecule has 0 saturated heterocycles. The van der Waals surface area contributed by atoms with E-state index in [1.54, 1.807) is 18.2 Å². The van der Waals surface area contributed by atoms with Crippen LogP contribution in [0, 0.1) is 6.92 Å². The minimum absolute atomic E-state index is 0.151. The zero-order chi connectivity index (χ0) is 14.8. The van der Waals surface area contributed by atoms with E-state index < -0.39 is 10.0 Å². The molecule has 0 aliphatic rings. The molecular weight excluding hydrogens is 274 g/mol. The molecule has 0 aliphatic heterocycles. The zero-order valence-electron chi connectivity index (χ0n) is 11.4. The van der Waals surface area contributed by atoms with Crippen molar-refractivity contribution in [3.8, 4) is 0 Å². The maximum absolute atomic E-state index is 12.5. The van der Waals surface area contributed by atoms with E-state index in [1.165, 1.54) is 23.6 Å². The molecule has 0 atom stereocenters. The normalized spacial score (nSPS) is 11.3. The first-order valence-corrected chi connectivity index (χ1v) is 7.60. The summed E-state index contributed by atoms with van der Waals surface area (Å²) < 4.78 is 26.2. The van der Waals surface area contributed by atoms with Gasteiger partial charge >= 0.3 is 0 Å². The van der Waals surface area contributed by atoms with Crippen molar-refractivity contribution in [3.05, 3.63) is 53.9 Å². The van der Waals surface area contributed by atoms with Crippen LogP contribution < -0.4 is 10.0 Å². The number of hydrogen-bond donors (Lipinski definition) is 1.